The molecule has 0 radical (unpaired) electrons. The van der Waals surface area contributed by atoms with Gasteiger partial charge in [0.2, 0.25) is 0 Å². The quantitative estimate of drug-likeness (QED) is 0.512. The average molecular weight is 535 g/mol. The van der Waals surface area contributed by atoms with Crippen LogP contribution in [-0.4, -0.2) is 8.07 Å². The van der Waals surface area contributed by atoms with Gasteiger partial charge in [-0.25, -0.2) is 0 Å². The molecule has 158 valence electrons. The summed E-state index contributed by atoms with van der Waals surface area (Å²) in [4.78, 5) is 0. The van der Waals surface area contributed by atoms with Crippen LogP contribution in [0.5, 0.6) is 0 Å². The Morgan fingerprint density at radius 1 is 0.567 bits per heavy atom. The molecule has 4 rings (SSSR count). The van der Waals surface area contributed by atoms with Crippen molar-refractivity contribution in [2.75, 3.05) is 0 Å². The molecule has 0 N–H and O–H groups in total. The van der Waals surface area contributed by atoms with Crippen LogP contribution in [0.3, 0.4) is 0 Å². The summed E-state index contributed by atoms with van der Waals surface area (Å²) in [5.74, 6) is 0. The van der Waals surface area contributed by atoms with Crippen molar-refractivity contribution in [3.8, 4) is 0 Å². The number of halogens is 2. The number of hydrogen-bond donors (Lipinski definition) is 0. The molecule has 2 aliphatic rings. The van der Waals surface area contributed by atoms with Gasteiger partial charge in [0.05, 0.1) is 8.07 Å². The zero-order valence-corrected chi connectivity index (χ0v) is 24.3. The summed E-state index contributed by atoms with van der Waals surface area (Å²) in [5, 5.41) is 0. The molecule has 30 heavy (non-hydrogen) atoms. The van der Waals surface area contributed by atoms with Gasteiger partial charge in [-0.15, -0.1) is 0 Å². The summed E-state index contributed by atoms with van der Waals surface area (Å²) < 4.78 is 0. The van der Waals surface area contributed by atoms with E-state index in [1.165, 1.54) is 33.4 Å². The molecule has 0 amide bonds. The monoisotopic (exact) mass is 532 g/mol. The zero-order valence-electron chi connectivity index (χ0n) is 19.4. The second kappa shape index (κ2) is 9.62. The minimum absolute atomic E-state index is 0. The van der Waals surface area contributed by atoms with Gasteiger partial charge in [0, 0.05) is 11.1 Å². The van der Waals surface area contributed by atoms with Crippen molar-refractivity contribution in [3.63, 3.8) is 0 Å². The molecule has 0 heterocycles. The van der Waals surface area contributed by atoms with Crippen molar-refractivity contribution in [3.05, 3.63) is 79.9 Å². The van der Waals surface area contributed by atoms with E-state index in [-0.39, 0.29) is 51.0 Å². The third-order valence-corrected chi connectivity index (χ3v) is 11.6. The van der Waals surface area contributed by atoms with E-state index in [1.807, 2.05) is 0 Å². The van der Waals surface area contributed by atoms with E-state index in [0.717, 1.165) is 0 Å². The molecule has 0 aromatic heterocycles. The predicted molar refractivity (Wildman–Crippen MR) is 122 cm³/mol. The Bertz CT molecular complexity index is 952. The molecule has 0 saturated heterocycles. The van der Waals surface area contributed by atoms with Crippen LogP contribution in [0.1, 0.15) is 69.4 Å². The van der Waals surface area contributed by atoms with E-state index in [2.05, 4.69) is 91.1 Å². The van der Waals surface area contributed by atoms with E-state index < -0.39 is 8.07 Å². The molecular formula is C26H32Cl2SiZr. The minimum atomic E-state index is -1.71. The van der Waals surface area contributed by atoms with Crippen LogP contribution in [0.4, 0.5) is 0 Å². The van der Waals surface area contributed by atoms with E-state index >= 15 is 0 Å². The zero-order chi connectivity index (χ0) is 19.7. The SMILES string of the molecule is CC1=Cc2c(C)ccc(C)c2C1[Si](C)(C)C1C(C)=Cc2c(C)ccc(C)c21.[Cl-].[Cl-].[Zr+2]. The normalized spacial score (nSPS) is 18.9. The fraction of sp³-hybridized carbons (Fsp3) is 0.385. The van der Waals surface area contributed by atoms with Crippen molar-refractivity contribution in [2.45, 2.75) is 65.7 Å². The maximum atomic E-state index is 2.63. The maximum Gasteiger partial charge on any atom is 2.00 e. The van der Waals surface area contributed by atoms with Gasteiger partial charge in [-0.1, -0.05) is 60.7 Å². The Balaban J connectivity index is 0.00000150. The molecule has 2 atom stereocenters. The van der Waals surface area contributed by atoms with Gasteiger partial charge in [-0.2, -0.15) is 0 Å². The first-order chi connectivity index (χ1) is 12.6. The van der Waals surface area contributed by atoms with E-state index in [1.54, 1.807) is 22.3 Å². The van der Waals surface area contributed by atoms with Gasteiger partial charge in [-0.05, 0) is 86.1 Å². The van der Waals surface area contributed by atoms with Crippen molar-refractivity contribution >= 4 is 20.2 Å². The standard InChI is InChI=1S/C26H32Si.2ClH.Zr/c1-15-9-11-17(3)23-21(15)13-19(5)25(23)27(7,8)26-20(6)14-22-16(2)10-12-18(4)24(22)26;;;/h9-14,25-26H,1-8H3;2*1H;/q;;;+2/p-2. The van der Waals surface area contributed by atoms with E-state index in [4.69, 9.17) is 0 Å². The first-order valence-electron chi connectivity index (χ1n) is 10.2. The summed E-state index contributed by atoms with van der Waals surface area (Å²) in [6, 6.07) is 9.24. The van der Waals surface area contributed by atoms with Crippen LogP contribution in [-0.2, 0) is 26.2 Å². The van der Waals surface area contributed by atoms with Crippen LogP contribution in [0, 0.1) is 27.7 Å². The van der Waals surface area contributed by atoms with Crippen LogP contribution in [0.2, 0.25) is 13.1 Å². The van der Waals surface area contributed by atoms with Crippen LogP contribution < -0.4 is 24.8 Å². The number of benzene rings is 2. The molecule has 0 saturated carbocycles. The van der Waals surface area contributed by atoms with Crippen molar-refractivity contribution < 1.29 is 51.0 Å². The van der Waals surface area contributed by atoms with Gasteiger partial charge >= 0.3 is 26.2 Å². The number of allylic oxidation sites excluding steroid dienone is 2. The Labute approximate surface area is 215 Å². The van der Waals surface area contributed by atoms with Crippen molar-refractivity contribution in [2.24, 2.45) is 0 Å². The molecule has 2 aromatic rings. The third kappa shape index (κ3) is 4.03. The van der Waals surface area contributed by atoms with Crippen LogP contribution >= 0.6 is 0 Å². The Morgan fingerprint density at radius 3 is 1.20 bits per heavy atom. The second-order valence-corrected chi connectivity index (χ2v) is 14.3. The molecular weight excluding hydrogens is 503 g/mol. The summed E-state index contributed by atoms with van der Waals surface area (Å²) in [6.07, 6.45) is 4.96. The van der Waals surface area contributed by atoms with E-state index in [9.17, 15) is 0 Å². The molecule has 0 aliphatic heterocycles. The summed E-state index contributed by atoms with van der Waals surface area (Å²) >= 11 is 0. The fourth-order valence-electron chi connectivity index (χ4n) is 6.02. The first-order valence-corrected chi connectivity index (χ1v) is 13.4. The van der Waals surface area contributed by atoms with Gasteiger partial charge in [0.25, 0.3) is 0 Å². The fourth-order valence-corrected chi connectivity index (χ4v) is 11.1. The van der Waals surface area contributed by atoms with E-state index in [0.29, 0.717) is 11.1 Å². The minimum Gasteiger partial charge on any atom is -1.00 e. The summed E-state index contributed by atoms with van der Waals surface area (Å²) in [7, 11) is -1.71. The van der Waals surface area contributed by atoms with Gasteiger partial charge in [-0.3, -0.25) is 0 Å². The largest absolute Gasteiger partial charge is 2.00 e. The predicted octanol–water partition coefficient (Wildman–Crippen LogP) is 1.41. The number of rotatable bonds is 2. The Morgan fingerprint density at radius 2 is 0.867 bits per heavy atom. The first kappa shape index (κ1) is 27.6. The number of aryl methyl sites for hydroxylation is 4. The Kier molecular flexibility index (Phi) is 8.86. The van der Waals surface area contributed by atoms with Gasteiger partial charge < -0.3 is 24.8 Å². The molecule has 0 bridgehead atoms. The van der Waals surface area contributed by atoms with Gasteiger partial charge in [0.1, 0.15) is 0 Å². The summed E-state index contributed by atoms with van der Waals surface area (Å²) in [6.45, 7) is 19.2. The molecule has 4 heteroatoms. The Hall–Kier alpha value is -0.400. The van der Waals surface area contributed by atoms with Crippen LogP contribution in [0.25, 0.3) is 12.2 Å². The topological polar surface area (TPSA) is 0 Å². The number of hydrogen-bond acceptors (Lipinski definition) is 0. The summed E-state index contributed by atoms with van der Waals surface area (Å²) in [5.41, 5.74) is 16.4. The van der Waals surface area contributed by atoms with Gasteiger partial charge in [0.15, 0.2) is 0 Å². The van der Waals surface area contributed by atoms with Crippen molar-refractivity contribution in [1.82, 2.24) is 0 Å². The molecule has 0 nitrogen and oxygen atoms in total. The number of fused-ring (bicyclic) bond motifs is 2. The molecule has 2 aromatic carbocycles. The molecule has 2 unspecified atom stereocenters. The maximum absolute atomic E-state index is 2.63. The second-order valence-electron chi connectivity index (χ2n) is 9.52. The molecule has 2 aliphatic carbocycles. The third-order valence-electron chi connectivity index (χ3n) is 7.17. The molecule has 0 spiro atoms. The molecule has 0 fully saturated rings. The van der Waals surface area contributed by atoms with Crippen LogP contribution in [0.15, 0.2) is 35.4 Å². The van der Waals surface area contributed by atoms with Crippen molar-refractivity contribution in [1.29, 1.82) is 0 Å². The smallest absolute Gasteiger partial charge is 1.00 e. The average Bonchev–Trinajstić information content (AvgIpc) is 3.14.